The van der Waals surface area contributed by atoms with E-state index in [1.54, 1.807) is 0 Å². The number of H-pyrrole nitrogens is 1. The Kier molecular flexibility index (Phi) is 7.03. The van der Waals surface area contributed by atoms with Crippen LogP contribution in [0.2, 0.25) is 0 Å². The van der Waals surface area contributed by atoms with Crippen LogP contribution in [0.15, 0.2) is 30.5 Å². The number of carbonyl (C=O) groups excluding carboxylic acids is 2. The zero-order valence-corrected chi connectivity index (χ0v) is 15.3. The van der Waals surface area contributed by atoms with E-state index in [-0.39, 0.29) is 0 Å². The van der Waals surface area contributed by atoms with Gasteiger partial charge < -0.3 is 19.9 Å². The molecule has 26 heavy (non-hydrogen) atoms. The molecule has 0 radical (unpaired) electrons. The number of alkyl carbamates (subject to hydrolysis) is 1. The van der Waals surface area contributed by atoms with E-state index in [9.17, 15) is 9.59 Å². The lowest BCUT2D eigenvalue weighted by atomic mass is 9.78. The first-order valence-electron chi connectivity index (χ1n) is 8.82. The highest BCUT2D eigenvalue weighted by molar-refractivity contribution is 5.92. The Bertz CT molecular complexity index is 743. The summed E-state index contributed by atoms with van der Waals surface area (Å²) in [5.74, 6) is 4.77. The normalized spacial score (nSPS) is 13.2. The van der Waals surface area contributed by atoms with Gasteiger partial charge in [-0.3, -0.25) is 0 Å². The summed E-state index contributed by atoms with van der Waals surface area (Å²) in [6.07, 6.45) is 5.69. The second-order valence-corrected chi connectivity index (χ2v) is 6.57. The third kappa shape index (κ3) is 4.54. The van der Waals surface area contributed by atoms with Gasteiger partial charge in [-0.05, 0) is 31.4 Å². The molecule has 7 nitrogen and oxygen atoms in total. The minimum atomic E-state index is -0.807. The number of benzene rings is 1. The molecular formula is C19H27N3O4. The van der Waals surface area contributed by atoms with Crippen molar-refractivity contribution in [3.63, 3.8) is 0 Å². The van der Waals surface area contributed by atoms with Crippen molar-refractivity contribution in [1.82, 2.24) is 10.3 Å². The number of rotatable bonds is 9. The molecule has 0 saturated carbocycles. The fraction of sp³-hybridized carbons (Fsp3) is 0.474. The summed E-state index contributed by atoms with van der Waals surface area (Å²) in [5, 5.41) is 3.66. The quantitative estimate of drug-likeness (QED) is 0.470. The zero-order chi connectivity index (χ0) is 19.0. The number of fused-ring (bicyclic) bond motifs is 1. The van der Waals surface area contributed by atoms with Gasteiger partial charge >= 0.3 is 12.1 Å². The van der Waals surface area contributed by atoms with Gasteiger partial charge in [0.25, 0.3) is 0 Å². The zero-order valence-electron chi connectivity index (χ0n) is 15.3. The molecule has 1 unspecified atom stereocenters. The van der Waals surface area contributed by atoms with E-state index < -0.39 is 17.5 Å². The van der Waals surface area contributed by atoms with Crippen molar-refractivity contribution in [3.05, 3.63) is 36.0 Å². The number of unbranched alkanes of at least 4 members (excludes halogenated alkanes) is 3. The van der Waals surface area contributed by atoms with Crippen molar-refractivity contribution in [2.45, 2.75) is 44.4 Å². The Morgan fingerprint density at radius 3 is 2.65 bits per heavy atom. The van der Waals surface area contributed by atoms with Crippen molar-refractivity contribution in [2.75, 3.05) is 13.7 Å². The average Bonchev–Trinajstić information content (AvgIpc) is 3.10. The van der Waals surface area contributed by atoms with Crippen molar-refractivity contribution in [2.24, 2.45) is 5.90 Å². The predicted octanol–water partition coefficient (Wildman–Crippen LogP) is 3.15. The molecule has 1 aromatic heterocycles. The minimum Gasteiger partial charge on any atom is -0.453 e. The van der Waals surface area contributed by atoms with Gasteiger partial charge in [0.1, 0.15) is 0 Å². The summed E-state index contributed by atoms with van der Waals surface area (Å²) in [5.41, 5.74) is 1.07. The third-order valence-corrected chi connectivity index (χ3v) is 4.80. The molecule has 0 aliphatic heterocycles. The summed E-state index contributed by atoms with van der Waals surface area (Å²) in [6.45, 7) is 2.45. The van der Waals surface area contributed by atoms with Crippen LogP contribution in [0.25, 0.3) is 10.9 Å². The van der Waals surface area contributed by atoms with Gasteiger partial charge in [-0.25, -0.2) is 9.59 Å². The van der Waals surface area contributed by atoms with Crippen molar-refractivity contribution >= 4 is 23.0 Å². The van der Waals surface area contributed by atoms with Gasteiger partial charge in [-0.15, -0.1) is 0 Å². The number of aromatic amines is 1. The summed E-state index contributed by atoms with van der Waals surface area (Å²) in [7, 11) is 1.34. The lowest BCUT2D eigenvalue weighted by Crippen LogP contribution is -2.36. The highest BCUT2D eigenvalue weighted by Gasteiger charge is 2.38. The molecule has 0 spiro atoms. The van der Waals surface area contributed by atoms with Gasteiger partial charge in [-0.1, -0.05) is 37.5 Å². The maximum Gasteiger partial charge on any atom is 0.406 e. The molecule has 4 N–H and O–H groups in total. The van der Waals surface area contributed by atoms with Crippen LogP contribution in [0.5, 0.6) is 0 Å². The standard InChI is InChI=1S/C19H27N3O4/c1-19(17(23)26-20,11-7-3-4-8-12-21-18(24)25-2)15-13-22-16-10-6-5-9-14(15)16/h5-6,9-10,13,22H,3-4,7-8,11-12,20H2,1-2H3,(H,21,24). The first kappa shape index (κ1) is 19.8. The lowest BCUT2D eigenvalue weighted by molar-refractivity contribution is -0.151. The fourth-order valence-corrected chi connectivity index (χ4v) is 3.22. The van der Waals surface area contributed by atoms with Crippen LogP contribution in [0.3, 0.4) is 0 Å². The second kappa shape index (κ2) is 9.24. The summed E-state index contributed by atoms with van der Waals surface area (Å²) in [4.78, 5) is 31.2. The Labute approximate surface area is 153 Å². The number of para-hydroxylation sites is 1. The number of ether oxygens (including phenoxy) is 1. The van der Waals surface area contributed by atoms with E-state index in [0.29, 0.717) is 13.0 Å². The van der Waals surface area contributed by atoms with Crippen LogP contribution in [0, 0.1) is 0 Å². The van der Waals surface area contributed by atoms with Gasteiger partial charge in [0, 0.05) is 23.6 Å². The summed E-state index contributed by atoms with van der Waals surface area (Å²) in [6, 6.07) is 7.86. The molecule has 7 heteroatoms. The van der Waals surface area contributed by atoms with Gasteiger partial charge in [0.15, 0.2) is 0 Å². The Morgan fingerprint density at radius 1 is 1.19 bits per heavy atom. The van der Waals surface area contributed by atoms with Crippen LogP contribution in [-0.4, -0.2) is 30.7 Å². The number of amides is 1. The van der Waals surface area contributed by atoms with E-state index >= 15 is 0 Å². The number of nitrogens with one attached hydrogen (secondary N) is 2. The molecule has 2 rings (SSSR count). The maximum atomic E-state index is 12.4. The van der Waals surface area contributed by atoms with E-state index in [1.165, 1.54) is 7.11 Å². The van der Waals surface area contributed by atoms with E-state index in [4.69, 9.17) is 5.90 Å². The molecule has 1 amide bonds. The third-order valence-electron chi connectivity index (χ3n) is 4.80. The number of aromatic nitrogens is 1. The fourth-order valence-electron chi connectivity index (χ4n) is 3.22. The van der Waals surface area contributed by atoms with Gasteiger partial charge in [0.2, 0.25) is 0 Å². The topological polar surface area (TPSA) is 106 Å². The Balaban J connectivity index is 1.95. The van der Waals surface area contributed by atoms with E-state index in [0.717, 1.165) is 42.1 Å². The average molecular weight is 361 g/mol. The van der Waals surface area contributed by atoms with E-state index in [1.807, 2.05) is 37.4 Å². The first-order chi connectivity index (χ1) is 12.5. The van der Waals surface area contributed by atoms with Crippen LogP contribution < -0.4 is 11.2 Å². The predicted molar refractivity (Wildman–Crippen MR) is 99.4 cm³/mol. The monoisotopic (exact) mass is 361 g/mol. The molecule has 0 bridgehead atoms. The molecule has 1 aromatic carbocycles. The number of hydrogen-bond donors (Lipinski definition) is 3. The number of nitrogens with two attached hydrogens (primary N) is 1. The number of methoxy groups -OCH3 is 1. The van der Waals surface area contributed by atoms with Crippen LogP contribution in [-0.2, 0) is 19.8 Å². The number of carbonyl (C=O) groups is 2. The van der Waals surface area contributed by atoms with Crippen LogP contribution in [0.1, 0.15) is 44.6 Å². The van der Waals surface area contributed by atoms with Gasteiger partial charge in [0.05, 0.1) is 12.5 Å². The molecule has 142 valence electrons. The maximum absolute atomic E-state index is 12.4. The van der Waals surface area contributed by atoms with Crippen molar-refractivity contribution in [3.8, 4) is 0 Å². The SMILES string of the molecule is COC(=O)NCCCCCCC(C)(C(=O)ON)c1c[nH]c2ccccc12. The van der Waals surface area contributed by atoms with E-state index in [2.05, 4.69) is 19.9 Å². The highest BCUT2D eigenvalue weighted by atomic mass is 16.7. The molecule has 0 saturated heterocycles. The van der Waals surface area contributed by atoms with Crippen LogP contribution in [0.4, 0.5) is 4.79 Å². The molecule has 0 aliphatic rings. The summed E-state index contributed by atoms with van der Waals surface area (Å²) < 4.78 is 4.52. The molecule has 0 aliphatic carbocycles. The largest absolute Gasteiger partial charge is 0.453 e. The summed E-state index contributed by atoms with van der Waals surface area (Å²) >= 11 is 0. The number of hydrogen-bond acceptors (Lipinski definition) is 5. The highest BCUT2D eigenvalue weighted by Crippen LogP contribution is 2.36. The minimum absolute atomic E-state index is 0.414. The Morgan fingerprint density at radius 2 is 1.92 bits per heavy atom. The molecular weight excluding hydrogens is 334 g/mol. The molecule has 0 fully saturated rings. The Hall–Kier alpha value is -2.54. The van der Waals surface area contributed by atoms with Crippen molar-refractivity contribution in [1.29, 1.82) is 0 Å². The molecule has 2 aromatic rings. The second-order valence-electron chi connectivity index (χ2n) is 6.57. The lowest BCUT2D eigenvalue weighted by Gasteiger charge is -2.26. The molecule has 1 atom stereocenters. The van der Waals surface area contributed by atoms with Crippen molar-refractivity contribution < 1.29 is 19.2 Å². The molecule has 1 heterocycles. The van der Waals surface area contributed by atoms with Gasteiger partial charge in [-0.2, -0.15) is 5.90 Å². The van der Waals surface area contributed by atoms with Crippen LogP contribution >= 0.6 is 0 Å². The first-order valence-corrected chi connectivity index (χ1v) is 8.82. The smallest absolute Gasteiger partial charge is 0.406 e.